The van der Waals surface area contributed by atoms with Crippen molar-refractivity contribution in [2.45, 2.75) is 25.2 Å². The molecule has 0 N–H and O–H groups in total. The zero-order chi connectivity index (χ0) is 19.7. The molecule has 0 bridgehead atoms. The number of aryl methyl sites for hydroxylation is 1. The number of hydrogen-bond donors (Lipinski definition) is 0. The van der Waals surface area contributed by atoms with Crippen molar-refractivity contribution in [1.29, 1.82) is 0 Å². The maximum Gasteiger partial charge on any atom is 0.255 e. The molecule has 2 aromatic rings. The summed E-state index contributed by atoms with van der Waals surface area (Å²) >= 11 is 0. The predicted molar refractivity (Wildman–Crippen MR) is 111 cm³/mol. The Morgan fingerprint density at radius 1 is 1.04 bits per heavy atom. The quantitative estimate of drug-likeness (QED) is 0.806. The Balaban J connectivity index is 1.45. The van der Waals surface area contributed by atoms with Crippen molar-refractivity contribution in [2.75, 3.05) is 33.2 Å². The molecule has 5 heteroatoms. The van der Waals surface area contributed by atoms with Crippen LogP contribution in [0.5, 0.6) is 0 Å². The molecule has 0 radical (unpaired) electrons. The summed E-state index contributed by atoms with van der Waals surface area (Å²) in [5.41, 5.74) is 2.22. The van der Waals surface area contributed by atoms with Crippen LogP contribution < -0.4 is 5.56 Å². The van der Waals surface area contributed by atoms with Gasteiger partial charge in [-0.15, -0.1) is 0 Å². The van der Waals surface area contributed by atoms with Gasteiger partial charge in [-0.25, -0.2) is 0 Å². The van der Waals surface area contributed by atoms with E-state index in [9.17, 15) is 9.59 Å². The number of carbonyl (C=O) groups is 1. The lowest BCUT2D eigenvalue weighted by Crippen LogP contribution is -2.51. The van der Waals surface area contributed by atoms with Gasteiger partial charge in [0.1, 0.15) is 0 Å². The monoisotopic (exact) mass is 379 g/mol. The lowest BCUT2D eigenvalue weighted by molar-refractivity contribution is 0.0224. The van der Waals surface area contributed by atoms with E-state index in [-0.39, 0.29) is 16.9 Å². The first-order valence-electron chi connectivity index (χ1n) is 10.2. The smallest absolute Gasteiger partial charge is 0.255 e. The van der Waals surface area contributed by atoms with Crippen LogP contribution in [0.3, 0.4) is 0 Å². The van der Waals surface area contributed by atoms with E-state index in [4.69, 9.17) is 0 Å². The second-order valence-corrected chi connectivity index (χ2v) is 8.67. The molecule has 1 amide bonds. The van der Waals surface area contributed by atoms with Gasteiger partial charge in [0.2, 0.25) is 5.56 Å². The second kappa shape index (κ2) is 7.55. The second-order valence-electron chi connectivity index (χ2n) is 8.67. The average Bonchev–Trinajstić information content (AvgIpc) is 2.70. The van der Waals surface area contributed by atoms with Gasteiger partial charge in [0.25, 0.3) is 5.91 Å². The number of amides is 1. The molecule has 28 heavy (non-hydrogen) atoms. The molecule has 1 aromatic heterocycles. The van der Waals surface area contributed by atoms with Crippen molar-refractivity contribution in [3.63, 3.8) is 0 Å². The van der Waals surface area contributed by atoms with Gasteiger partial charge < -0.3 is 14.4 Å². The Morgan fingerprint density at radius 3 is 2.43 bits per heavy atom. The average molecular weight is 380 g/mol. The summed E-state index contributed by atoms with van der Waals surface area (Å²) in [5.74, 6) is 0.597. The van der Waals surface area contributed by atoms with E-state index in [1.807, 2.05) is 4.90 Å². The SMILES string of the molecule is CN1CC(c2ccccc2)CC2(CCN(C(=O)c3ccc(=O)n(C)c3)CC2)C1. The highest BCUT2D eigenvalue weighted by Gasteiger charge is 2.42. The third kappa shape index (κ3) is 3.76. The maximum absolute atomic E-state index is 12.9. The first-order valence-corrected chi connectivity index (χ1v) is 10.2. The van der Waals surface area contributed by atoms with Crippen LogP contribution in [0, 0.1) is 5.41 Å². The third-order valence-corrected chi connectivity index (χ3v) is 6.53. The first kappa shape index (κ1) is 18.9. The summed E-state index contributed by atoms with van der Waals surface area (Å²) in [6, 6.07) is 13.9. The minimum atomic E-state index is -0.0913. The Bertz CT molecular complexity index is 898. The van der Waals surface area contributed by atoms with Gasteiger partial charge in [-0.05, 0) is 49.3 Å². The number of hydrogen-bond acceptors (Lipinski definition) is 3. The van der Waals surface area contributed by atoms with Gasteiger partial charge in [-0.1, -0.05) is 30.3 Å². The Kier molecular flexibility index (Phi) is 5.11. The Morgan fingerprint density at radius 2 is 1.75 bits per heavy atom. The van der Waals surface area contributed by atoms with Gasteiger partial charge >= 0.3 is 0 Å². The lowest BCUT2D eigenvalue weighted by atomic mass is 9.68. The van der Waals surface area contributed by atoms with Crippen molar-refractivity contribution in [3.8, 4) is 0 Å². The summed E-state index contributed by atoms with van der Waals surface area (Å²) in [4.78, 5) is 28.9. The molecule has 5 nitrogen and oxygen atoms in total. The van der Waals surface area contributed by atoms with Gasteiger partial charge in [0.15, 0.2) is 0 Å². The molecular formula is C23H29N3O2. The molecule has 148 valence electrons. The van der Waals surface area contributed by atoms with Gasteiger partial charge in [-0.3, -0.25) is 9.59 Å². The van der Waals surface area contributed by atoms with Crippen LogP contribution in [0.15, 0.2) is 53.5 Å². The van der Waals surface area contributed by atoms with E-state index in [1.54, 1.807) is 19.3 Å². The van der Waals surface area contributed by atoms with Crippen molar-refractivity contribution in [2.24, 2.45) is 12.5 Å². The van der Waals surface area contributed by atoms with Crippen LogP contribution in [0.2, 0.25) is 0 Å². The standard InChI is InChI=1S/C23H29N3O2/c1-24-15-20(18-6-4-3-5-7-18)14-23(17-24)10-12-26(13-11-23)22(28)19-8-9-21(27)25(2)16-19/h3-9,16,20H,10-15,17H2,1-2H3. The number of nitrogens with zero attached hydrogens (tertiary/aromatic N) is 3. The highest BCUT2D eigenvalue weighted by Crippen LogP contribution is 2.44. The van der Waals surface area contributed by atoms with E-state index in [1.165, 1.54) is 22.6 Å². The number of rotatable bonds is 2. The molecule has 0 aliphatic carbocycles. The van der Waals surface area contributed by atoms with E-state index in [0.29, 0.717) is 11.5 Å². The van der Waals surface area contributed by atoms with Crippen molar-refractivity contribution in [3.05, 3.63) is 70.1 Å². The molecule has 1 unspecified atom stereocenters. The normalized spacial score (nSPS) is 22.4. The molecule has 0 saturated carbocycles. The predicted octanol–water partition coefficient (Wildman–Crippen LogP) is 2.73. The van der Waals surface area contributed by atoms with Gasteiger partial charge in [0.05, 0.1) is 5.56 Å². The number of carbonyl (C=O) groups excluding carboxylic acids is 1. The van der Waals surface area contributed by atoms with Crippen LogP contribution in [-0.2, 0) is 7.05 Å². The number of likely N-dealkylation sites (tertiary alicyclic amines) is 2. The number of likely N-dealkylation sites (N-methyl/N-ethyl adjacent to an activating group) is 1. The fourth-order valence-corrected chi connectivity index (χ4v) is 5.06. The number of benzene rings is 1. The molecular weight excluding hydrogens is 350 g/mol. The van der Waals surface area contributed by atoms with Crippen LogP contribution in [0.25, 0.3) is 0 Å². The molecule has 2 saturated heterocycles. The summed E-state index contributed by atoms with van der Waals surface area (Å²) in [6.45, 7) is 3.79. The number of aromatic nitrogens is 1. The molecule has 2 aliphatic heterocycles. The van der Waals surface area contributed by atoms with Crippen LogP contribution in [-0.4, -0.2) is 53.5 Å². The zero-order valence-corrected chi connectivity index (χ0v) is 16.8. The summed E-state index contributed by atoms with van der Waals surface area (Å²) in [5, 5.41) is 0. The van der Waals surface area contributed by atoms with Crippen molar-refractivity contribution in [1.82, 2.24) is 14.4 Å². The third-order valence-electron chi connectivity index (χ3n) is 6.53. The lowest BCUT2D eigenvalue weighted by Gasteiger charge is -2.49. The van der Waals surface area contributed by atoms with Crippen LogP contribution in [0.1, 0.15) is 41.1 Å². The number of pyridine rings is 1. The molecule has 3 heterocycles. The van der Waals surface area contributed by atoms with Crippen LogP contribution >= 0.6 is 0 Å². The molecule has 2 fully saturated rings. The van der Waals surface area contributed by atoms with E-state index < -0.39 is 0 Å². The minimum absolute atomic E-state index is 0.0363. The van der Waals surface area contributed by atoms with E-state index in [2.05, 4.69) is 42.3 Å². The zero-order valence-electron chi connectivity index (χ0n) is 16.8. The highest BCUT2D eigenvalue weighted by atomic mass is 16.2. The van der Waals surface area contributed by atoms with Gasteiger partial charge in [0, 0.05) is 45.5 Å². The summed E-state index contributed by atoms with van der Waals surface area (Å²) < 4.78 is 1.47. The fourth-order valence-electron chi connectivity index (χ4n) is 5.06. The molecule has 1 atom stereocenters. The van der Waals surface area contributed by atoms with E-state index >= 15 is 0 Å². The van der Waals surface area contributed by atoms with Gasteiger partial charge in [-0.2, -0.15) is 0 Å². The largest absolute Gasteiger partial charge is 0.339 e. The molecule has 2 aliphatic rings. The number of piperidine rings is 2. The molecule has 1 aromatic carbocycles. The summed E-state index contributed by atoms with van der Waals surface area (Å²) in [6.07, 6.45) is 4.93. The molecule has 1 spiro atoms. The first-order chi connectivity index (χ1) is 13.5. The van der Waals surface area contributed by atoms with E-state index in [0.717, 1.165) is 39.0 Å². The fraction of sp³-hybridized carbons (Fsp3) is 0.478. The maximum atomic E-state index is 12.9. The van der Waals surface area contributed by atoms with Crippen molar-refractivity contribution < 1.29 is 4.79 Å². The summed E-state index contributed by atoms with van der Waals surface area (Å²) in [7, 11) is 3.91. The Labute approximate surface area is 166 Å². The minimum Gasteiger partial charge on any atom is -0.339 e. The van der Waals surface area contributed by atoms with Crippen molar-refractivity contribution >= 4 is 5.91 Å². The topological polar surface area (TPSA) is 45.6 Å². The van der Waals surface area contributed by atoms with Crippen LogP contribution in [0.4, 0.5) is 0 Å². The molecule has 4 rings (SSSR count). The highest BCUT2D eigenvalue weighted by molar-refractivity contribution is 5.94. The Hall–Kier alpha value is -2.40.